The van der Waals surface area contributed by atoms with Crippen LogP contribution in [0.4, 0.5) is 0 Å². The normalized spacial score (nSPS) is 14.1. The maximum Gasteiger partial charge on any atom is 0.338 e. The van der Waals surface area contributed by atoms with E-state index in [1.807, 2.05) is 72.8 Å². The van der Waals surface area contributed by atoms with Crippen LogP contribution in [0.5, 0.6) is 23.0 Å². The number of benzene rings is 4. The zero-order chi connectivity index (χ0) is 35.4. The number of esters is 1. The van der Waals surface area contributed by atoms with Gasteiger partial charge in [0.1, 0.15) is 6.61 Å². The van der Waals surface area contributed by atoms with Gasteiger partial charge in [-0.15, -0.1) is 0 Å². The summed E-state index contributed by atoms with van der Waals surface area (Å²) in [7, 11) is 4.66. The Hall–Kier alpha value is -4.59. The highest BCUT2D eigenvalue weighted by Gasteiger charge is 2.35. The van der Waals surface area contributed by atoms with Crippen molar-refractivity contribution in [1.82, 2.24) is 4.57 Å². The standard InChI is InChI=1S/C38H32ClIN2O7S/c1-5-48-37(44)32-33(24-9-7-6-8-10-24)41-38-42(34(32)25-13-16-28(45-2)29(20-25)46-3)36(43)31(50-38)19-23-17-27(40)35(30(18-23)47-4)49-21-22-11-14-26(39)15-12-22/h6-20,34H,5,21H2,1-4H3/b31-19-/t34-/m1/s1. The lowest BCUT2D eigenvalue weighted by Gasteiger charge is -2.26. The summed E-state index contributed by atoms with van der Waals surface area (Å²) in [5.41, 5.74) is 3.37. The molecule has 9 nitrogen and oxygen atoms in total. The summed E-state index contributed by atoms with van der Waals surface area (Å²) in [6.07, 6.45) is 1.79. The van der Waals surface area contributed by atoms with Crippen LogP contribution in [0, 0.1) is 3.57 Å². The van der Waals surface area contributed by atoms with E-state index in [1.54, 1.807) is 43.9 Å². The maximum absolute atomic E-state index is 14.4. The first kappa shape index (κ1) is 35.2. The molecule has 50 heavy (non-hydrogen) atoms. The average Bonchev–Trinajstić information content (AvgIpc) is 3.44. The Bertz CT molecular complexity index is 2270. The molecule has 0 bridgehead atoms. The van der Waals surface area contributed by atoms with Crippen LogP contribution in [0.25, 0.3) is 11.8 Å². The zero-order valence-corrected chi connectivity index (χ0v) is 31.3. The number of hydrogen-bond donors (Lipinski definition) is 0. The molecule has 0 spiro atoms. The fourth-order valence-corrected chi connectivity index (χ4v) is 7.54. The Kier molecular flexibility index (Phi) is 10.9. The molecule has 1 aromatic heterocycles. The van der Waals surface area contributed by atoms with Gasteiger partial charge in [-0.05, 0) is 88.7 Å². The zero-order valence-electron chi connectivity index (χ0n) is 27.6. The summed E-state index contributed by atoms with van der Waals surface area (Å²) in [6.45, 7) is 2.21. The molecule has 5 aromatic rings. The first-order valence-electron chi connectivity index (χ1n) is 15.5. The van der Waals surface area contributed by atoms with Crippen molar-refractivity contribution in [1.29, 1.82) is 0 Å². The molecule has 1 aliphatic rings. The lowest BCUT2D eigenvalue weighted by atomic mass is 9.93. The molecule has 1 aliphatic heterocycles. The summed E-state index contributed by atoms with van der Waals surface area (Å²) >= 11 is 9.46. The van der Waals surface area contributed by atoms with Gasteiger partial charge in [-0.25, -0.2) is 9.79 Å². The SMILES string of the molecule is CCOC(=O)C1=C(c2ccccc2)N=c2s/c(=C\c3cc(I)c(OCc4ccc(Cl)cc4)c(OC)c3)c(=O)n2[C@@H]1c1ccc(OC)c(OC)c1. The molecule has 0 N–H and O–H groups in total. The first-order valence-corrected chi connectivity index (χ1v) is 17.8. The molecule has 256 valence electrons. The van der Waals surface area contributed by atoms with Crippen LogP contribution in [0.3, 0.4) is 0 Å². The highest BCUT2D eigenvalue weighted by Crippen LogP contribution is 2.39. The smallest absolute Gasteiger partial charge is 0.338 e. The third-order valence-electron chi connectivity index (χ3n) is 7.94. The second-order valence-corrected chi connectivity index (χ2v) is 13.6. The van der Waals surface area contributed by atoms with Crippen molar-refractivity contribution in [2.24, 2.45) is 4.99 Å². The van der Waals surface area contributed by atoms with Gasteiger partial charge in [-0.3, -0.25) is 9.36 Å². The van der Waals surface area contributed by atoms with Crippen LogP contribution < -0.4 is 33.8 Å². The van der Waals surface area contributed by atoms with Crippen molar-refractivity contribution in [3.63, 3.8) is 0 Å². The minimum Gasteiger partial charge on any atom is -0.493 e. The van der Waals surface area contributed by atoms with Gasteiger partial charge in [0.05, 0.1) is 53.4 Å². The molecule has 0 saturated heterocycles. The van der Waals surface area contributed by atoms with E-state index in [0.29, 0.717) is 60.8 Å². The van der Waals surface area contributed by atoms with E-state index in [2.05, 4.69) is 22.6 Å². The Morgan fingerprint density at radius 3 is 2.34 bits per heavy atom. The van der Waals surface area contributed by atoms with E-state index in [1.165, 1.54) is 18.4 Å². The van der Waals surface area contributed by atoms with Gasteiger partial charge in [0, 0.05) is 10.6 Å². The third-order valence-corrected chi connectivity index (χ3v) is 9.98. The number of rotatable bonds is 11. The summed E-state index contributed by atoms with van der Waals surface area (Å²) in [4.78, 5) is 33.6. The second-order valence-electron chi connectivity index (χ2n) is 11.0. The number of nitrogens with zero attached hydrogens (tertiary/aromatic N) is 2. The molecule has 4 aromatic carbocycles. The number of hydrogen-bond acceptors (Lipinski definition) is 9. The number of thiazole rings is 1. The Morgan fingerprint density at radius 2 is 1.66 bits per heavy atom. The predicted octanol–water partition coefficient (Wildman–Crippen LogP) is 6.80. The maximum atomic E-state index is 14.4. The molecule has 0 aliphatic carbocycles. The Balaban J connectivity index is 1.51. The third kappa shape index (κ3) is 7.16. The van der Waals surface area contributed by atoms with Crippen LogP contribution in [-0.4, -0.2) is 38.5 Å². The number of carbonyl (C=O) groups excluding carboxylic acids is 1. The summed E-state index contributed by atoms with van der Waals surface area (Å²) < 4.78 is 31.3. The molecule has 1 atom stereocenters. The largest absolute Gasteiger partial charge is 0.493 e. The molecule has 0 saturated carbocycles. The quantitative estimate of drug-likeness (QED) is 0.107. The molecule has 12 heteroatoms. The van der Waals surface area contributed by atoms with Crippen molar-refractivity contribution in [3.8, 4) is 23.0 Å². The number of carbonyl (C=O) groups is 1. The fourth-order valence-electron chi connectivity index (χ4n) is 5.63. The molecule has 2 heterocycles. The lowest BCUT2D eigenvalue weighted by Crippen LogP contribution is -2.40. The summed E-state index contributed by atoms with van der Waals surface area (Å²) in [5, 5.41) is 0.652. The van der Waals surface area contributed by atoms with Gasteiger partial charge in [0.15, 0.2) is 27.8 Å². The molecular formula is C38H32ClIN2O7S. The minimum atomic E-state index is -0.874. The van der Waals surface area contributed by atoms with Gasteiger partial charge < -0.3 is 23.7 Å². The molecular weight excluding hydrogens is 791 g/mol. The molecule has 0 amide bonds. The highest BCUT2D eigenvalue weighted by atomic mass is 127. The number of ether oxygens (including phenoxy) is 5. The van der Waals surface area contributed by atoms with Crippen molar-refractivity contribution >= 4 is 63.3 Å². The Labute approximate surface area is 311 Å². The van der Waals surface area contributed by atoms with Gasteiger partial charge in [-0.2, -0.15) is 0 Å². The van der Waals surface area contributed by atoms with E-state index in [4.69, 9.17) is 40.3 Å². The topological polar surface area (TPSA) is 97.6 Å². The van der Waals surface area contributed by atoms with Gasteiger partial charge in [0.2, 0.25) is 0 Å². The van der Waals surface area contributed by atoms with Crippen LogP contribution in [0.2, 0.25) is 5.02 Å². The van der Waals surface area contributed by atoms with Crippen molar-refractivity contribution in [2.75, 3.05) is 27.9 Å². The highest BCUT2D eigenvalue weighted by molar-refractivity contribution is 14.1. The van der Waals surface area contributed by atoms with E-state index in [0.717, 1.165) is 14.7 Å². The number of aromatic nitrogens is 1. The van der Waals surface area contributed by atoms with Gasteiger partial charge in [-0.1, -0.05) is 71.5 Å². The van der Waals surface area contributed by atoms with Crippen LogP contribution >= 0.6 is 45.5 Å². The van der Waals surface area contributed by atoms with E-state index in [9.17, 15) is 9.59 Å². The fraction of sp³-hybridized carbons (Fsp3) is 0.184. The second kappa shape index (κ2) is 15.5. The number of halogens is 2. The lowest BCUT2D eigenvalue weighted by molar-refractivity contribution is -0.138. The van der Waals surface area contributed by atoms with Crippen molar-refractivity contribution < 1.29 is 28.5 Å². The van der Waals surface area contributed by atoms with E-state index < -0.39 is 12.0 Å². The molecule has 0 unspecified atom stereocenters. The van der Waals surface area contributed by atoms with Crippen molar-refractivity contribution in [2.45, 2.75) is 19.6 Å². The van der Waals surface area contributed by atoms with Gasteiger partial charge in [0.25, 0.3) is 5.56 Å². The van der Waals surface area contributed by atoms with Crippen molar-refractivity contribution in [3.05, 3.63) is 141 Å². The van der Waals surface area contributed by atoms with Crippen LogP contribution in [0.15, 0.2) is 100 Å². The summed E-state index contributed by atoms with van der Waals surface area (Å²) in [5.74, 6) is 1.50. The molecule has 0 radical (unpaired) electrons. The number of methoxy groups -OCH3 is 3. The van der Waals surface area contributed by atoms with Crippen LogP contribution in [-0.2, 0) is 16.1 Å². The average molecular weight is 823 g/mol. The molecule has 6 rings (SSSR count). The first-order chi connectivity index (χ1) is 24.3. The van der Waals surface area contributed by atoms with E-state index in [-0.39, 0.29) is 17.7 Å². The number of fused-ring (bicyclic) bond motifs is 1. The van der Waals surface area contributed by atoms with E-state index >= 15 is 0 Å². The van der Waals surface area contributed by atoms with Crippen LogP contribution in [0.1, 0.15) is 35.2 Å². The predicted molar refractivity (Wildman–Crippen MR) is 202 cm³/mol. The Morgan fingerprint density at radius 1 is 0.940 bits per heavy atom. The van der Waals surface area contributed by atoms with Gasteiger partial charge >= 0.3 is 5.97 Å². The minimum absolute atomic E-state index is 0.146. The monoisotopic (exact) mass is 822 g/mol. The molecule has 0 fully saturated rings. The summed E-state index contributed by atoms with van der Waals surface area (Å²) in [6, 6.07) is 25.0.